The lowest BCUT2D eigenvalue weighted by Crippen LogP contribution is -1.98. The Kier molecular flexibility index (Phi) is 6.56. The van der Waals surface area contributed by atoms with Gasteiger partial charge in [-0.3, -0.25) is 4.39 Å². The third-order valence-corrected chi connectivity index (χ3v) is 5.19. The molecule has 0 radical (unpaired) electrons. The van der Waals surface area contributed by atoms with Crippen molar-refractivity contribution in [1.29, 1.82) is 0 Å². The standard InChI is InChI=1S/C22H22FN3S/c1-16(14-23)7-8-17-9-11-19-20(13-17)27-22(26-19)6-4-3-5-18-10-12-21(24-2)25-15-18/h4,6,9-13,15-16H,7-8,14H2,1-2H3,(H,24,25)/b6-4+. The fourth-order valence-corrected chi connectivity index (χ4v) is 3.49. The van der Waals surface area contributed by atoms with Crippen LogP contribution in [0.2, 0.25) is 0 Å². The number of halogens is 1. The first-order valence-electron chi connectivity index (χ1n) is 8.95. The molecular formula is C22H22FN3S. The average Bonchev–Trinajstić information content (AvgIpc) is 3.11. The van der Waals surface area contributed by atoms with Crippen molar-refractivity contribution in [3.63, 3.8) is 0 Å². The first-order chi connectivity index (χ1) is 13.2. The Morgan fingerprint density at radius 1 is 1.30 bits per heavy atom. The van der Waals surface area contributed by atoms with E-state index in [1.165, 1.54) is 5.56 Å². The van der Waals surface area contributed by atoms with Crippen LogP contribution in [0.25, 0.3) is 16.3 Å². The summed E-state index contributed by atoms with van der Waals surface area (Å²) in [5, 5.41) is 3.91. The molecule has 2 aromatic heterocycles. The van der Waals surface area contributed by atoms with Gasteiger partial charge in [-0.1, -0.05) is 24.8 Å². The van der Waals surface area contributed by atoms with E-state index in [4.69, 9.17) is 0 Å². The van der Waals surface area contributed by atoms with Crippen molar-refractivity contribution >= 4 is 33.4 Å². The Morgan fingerprint density at radius 3 is 2.93 bits per heavy atom. The van der Waals surface area contributed by atoms with Gasteiger partial charge in [-0.25, -0.2) is 9.97 Å². The predicted molar refractivity (Wildman–Crippen MR) is 113 cm³/mol. The fourth-order valence-electron chi connectivity index (χ4n) is 2.56. The van der Waals surface area contributed by atoms with Crippen molar-refractivity contribution < 1.29 is 4.39 Å². The largest absolute Gasteiger partial charge is 0.373 e. The highest BCUT2D eigenvalue weighted by atomic mass is 32.1. The minimum absolute atomic E-state index is 0.115. The molecule has 2 heterocycles. The number of nitrogens with one attached hydrogen (secondary N) is 1. The van der Waals surface area contributed by atoms with Gasteiger partial charge in [0.25, 0.3) is 0 Å². The molecule has 0 saturated carbocycles. The summed E-state index contributed by atoms with van der Waals surface area (Å²) in [5.41, 5.74) is 3.09. The summed E-state index contributed by atoms with van der Waals surface area (Å²) in [6.45, 7) is 1.69. The number of benzene rings is 1. The molecule has 1 unspecified atom stereocenters. The second kappa shape index (κ2) is 9.29. The molecule has 5 heteroatoms. The van der Waals surface area contributed by atoms with Gasteiger partial charge in [0.15, 0.2) is 0 Å². The highest BCUT2D eigenvalue weighted by Gasteiger charge is 2.05. The first-order valence-corrected chi connectivity index (χ1v) is 9.77. The molecule has 3 aromatic rings. The molecule has 0 aliphatic rings. The predicted octanol–water partition coefficient (Wildman–Crippen LogP) is 5.34. The molecule has 138 valence electrons. The van der Waals surface area contributed by atoms with Gasteiger partial charge >= 0.3 is 0 Å². The van der Waals surface area contributed by atoms with Crippen LogP contribution in [-0.2, 0) is 6.42 Å². The van der Waals surface area contributed by atoms with Crippen LogP contribution in [0.3, 0.4) is 0 Å². The summed E-state index contributed by atoms with van der Waals surface area (Å²) in [7, 11) is 1.84. The van der Waals surface area contributed by atoms with Crippen molar-refractivity contribution in [2.24, 2.45) is 5.92 Å². The van der Waals surface area contributed by atoms with E-state index in [1.54, 1.807) is 17.5 Å². The summed E-state index contributed by atoms with van der Waals surface area (Å²) < 4.78 is 13.8. The number of thiazole rings is 1. The summed E-state index contributed by atoms with van der Waals surface area (Å²) in [4.78, 5) is 8.85. The molecule has 0 aliphatic carbocycles. The van der Waals surface area contributed by atoms with E-state index in [2.05, 4.69) is 39.3 Å². The van der Waals surface area contributed by atoms with Crippen molar-refractivity contribution in [3.05, 3.63) is 58.7 Å². The molecule has 0 bridgehead atoms. The van der Waals surface area contributed by atoms with Gasteiger partial charge < -0.3 is 5.32 Å². The SMILES string of the molecule is CNc1ccc(C#C/C=C/c2nc3ccc(CCC(C)CF)cc3s2)cn1. The highest BCUT2D eigenvalue weighted by molar-refractivity contribution is 7.19. The maximum Gasteiger partial charge on any atom is 0.125 e. The van der Waals surface area contributed by atoms with Crippen LogP contribution in [0.15, 0.2) is 42.6 Å². The van der Waals surface area contributed by atoms with E-state index in [0.717, 1.165) is 39.4 Å². The van der Waals surface area contributed by atoms with Crippen LogP contribution < -0.4 is 5.32 Å². The molecule has 0 saturated heterocycles. The molecule has 0 amide bonds. The maximum absolute atomic E-state index is 12.6. The third kappa shape index (κ3) is 5.38. The zero-order valence-corrected chi connectivity index (χ0v) is 16.3. The normalized spacial score (nSPS) is 12.1. The Balaban J connectivity index is 1.66. The number of hydrogen-bond donors (Lipinski definition) is 1. The molecule has 0 spiro atoms. The summed E-state index contributed by atoms with van der Waals surface area (Å²) in [6, 6.07) is 10.1. The number of pyridine rings is 1. The minimum Gasteiger partial charge on any atom is -0.373 e. The number of hydrogen-bond acceptors (Lipinski definition) is 4. The number of anilines is 1. The van der Waals surface area contributed by atoms with Crippen LogP contribution in [-0.4, -0.2) is 23.7 Å². The Bertz CT molecular complexity index is 980. The number of nitrogens with zero attached hydrogens (tertiary/aromatic N) is 2. The summed E-state index contributed by atoms with van der Waals surface area (Å²) in [6.07, 6.45) is 7.25. The van der Waals surface area contributed by atoms with Gasteiger partial charge in [0.2, 0.25) is 0 Å². The van der Waals surface area contributed by atoms with Gasteiger partial charge in [0, 0.05) is 18.8 Å². The maximum atomic E-state index is 12.6. The van der Waals surface area contributed by atoms with E-state index in [0.29, 0.717) is 0 Å². The first kappa shape index (κ1) is 19.1. The second-order valence-electron chi connectivity index (χ2n) is 6.44. The number of alkyl halides is 1. The zero-order valence-electron chi connectivity index (χ0n) is 15.5. The summed E-state index contributed by atoms with van der Waals surface area (Å²) >= 11 is 1.64. The Morgan fingerprint density at radius 2 is 2.19 bits per heavy atom. The molecule has 3 nitrogen and oxygen atoms in total. The Labute approximate surface area is 163 Å². The number of aryl methyl sites for hydroxylation is 1. The molecule has 1 N–H and O–H groups in total. The smallest absolute Gasteiger partial charge is 0.125 e. The molecule has 3 rings (SSSR count). The Hall–Kier alpha value is -2.71. The lowest BCUT2D eigenvalue weighted by atomic mass is 10.0. The number of aromatic nitrogens is 2. The highest BCUT2D eigenvalue weighted by Crippen LogP contribution is 2.25. The van der Waals surface area contributed by atoms with Gasteiger partial charge in [-0.2, -0.15) is 0 Å². The van der Waals surface area contributed by atoms with E-state index in [-0.39, 0.29) is 12.6 Å². The van der Waals surface area contributed by atoms with Crippen LogP contribution in [0.1, 0.15) is 29.5 Å². The molecule has 1 aromatic carbocycles. The minimum atomic E-state index is -0.255. The lowest BCUT2D eigenvalue weighted by molar-refractivity contribution is 0.366. The summed E-state index contributed by atoms with van der Waals surface area (Å²) in [5.74, 6) is 7.02. The van der Waals surface area contributed by atoms with Crippen molar-refractivity contribution in [2.45, 2.75) is 19.8 Å². The van der Waals surface area contributed by atoms with E-state index in [9.17, 15) is 4.39 Å². The monoisotopic (exact) mass is 379 g/mol. The second-order valence-corrected chi connectivity index (χ2v) is 7.50. The van der Waals surface area contributed by atoms with E-state index in [1.807, 2.05) is 44.3 Å². The lowest BCUT2D eigenvalue weighted by Gasteiger charge is -2.05. The van der Waals surface area contributed by atoms with Crippen LogP contribution in [0, 0.1) is 17.8 Å². The molecule has 0 fully saturated rings. The molecular weight excluding hydrogens is 357 g/mol. The number of rotatable bonds is 6. The van der Waals surface area contributed by atoms with Crippen molar-refractivity contribution in [1.82, 2.24) is 9.97 Å². The van der Waals surface area contributed by atoms with Crippen molar-refractivity contribution in [2.75, 3.05) is 19.0 Å². The van der Waals surface area contributed by atoms with E-state index >= 15 is 0 Å². The fraction of sp³-hybridized carbons (Fsp3) is 0.273. The van der Waals surface area contributed by atoms with Crippen molar-refractivity contribution in [3.8, 4) is 11.8 Å². The number of allylic oxidation sites excluding steroid dienone is 1. The topological polar surface area (TPSA) is 37.8 Å². The van der Waals surface area contributed by atoms with Crippen LogP contribution in [0.5, 0.6) is 0 Å². The molecule has 27 heavy (non-hydrogen) atoms. The van der Waals surface area contributed by atoms with Gasteiger partial charge in [0.1, 0.15) is 10.8 Å². The van der Waals surface area contributed by atoms with Gasteiger partial charge in [-0.05, 0) is 60.7 Å². The molecule has 0 aliphatic heterocycles. The van der Waals surface area contributed by atoms with Gasteiger partial charge in [-0.15, -0.1) is 11.3 Å². The molecule has 1 atom stereocenters. The third-order valence-electron chi connectivity index (χ3n) is 4.20. The zero-order chi connectivity index (χ0) is 19.1. The van der Waals surface area contributed by atoms with E-state index < -0.39 is 0 Å². The average molecular weight is 380 g/mol. The van der Waals surface area contributed by atoms with Gasteiger partial charge in [0.05, 0.1) is 16.9 Å². The van der Waals surface area contributed by atoms with Crippen LogP contribution >= 0.6 is 11.3 Å². The number of fused-ring (bicyclic) bond motifs is 1. The van der Waals surface area contributed by atoms with Crippen LogP contribution in [0.4, 0.5) is 10.2 Å². The quantitative estimate of drug-likeness (QED) is 0.588.